The van der Waals surface area contributed by atoms with E-state index in [-0.39, 0.29) is 44.6 Å². The van der Waals surface area contributed by atoms with Crippen LogP contribution in [0.5, 0.6) is 0 Å². The van der Waals surface area contributed by atoms with Crippen molar-refractivity contribution in [2.45, 2.75) is 193 Å². The van der Waals surface area contributed by atoms with E-state index in [2.05, 4.69) is 307 Å². The third-order valence-corrected chi connectivity index (χ3v) is 23.3. The molecule has 3 aliphatic carbocycles. The van der Waals surface area contributed by atoms with Crippen LogP contribution in [0.2, 0.25) is 0 Å². The molecular formula is C84H90BN3. The number of aryl methyl sites for hydroxylation is 1. The molecule has 444 valence electrons. The highest BCUT2D eigenvalue weighted by molar-refractivity contribution is 7.00. The van der Waals surface area contributed by atoms with Crippen LogP contribution in [0.1, 0.15) is 193 Å². The minimum Gasteiger partial charge on any atom is -0.330 e. The molecule has 4 heteroatoms. The van der Waals surface area contributed by atoms with Crippen molar-refractivity contribution in [2.75, 3.05) is 14.7 Å². The molecule has 88 heavy (non-hydrogen) atoms. The summed E-state index contributed by atoms with van der Waals surface area (Å²) in [6.45, 7) is 39.3. The molecule has 2 atom stereocenters. The average Bonchev–Trinajstić information content (AvgIpc) is 1.32. The van der Waals surface area contributed by atoms with Crippen molar-refractivity contribution in [3.8, 4) is 22.3 Å². The van der Waals surface area contributed by atoms with Crippen LogP contribution in [0.4, 0.5) is 45.5 Å². The number of anilines is 8. The Morgan fingerprint density at radius 3 is 1.53 bits per heavy atom. The maximum atomic E-state index is 2.84. The molecule has 3 aliphatic heterocycles. The lowest BCUT2D eigenvalue weighted by Gasteiger charge is -2.52. The molecule has 3 nitrogen and oxygen atoms in total. The summed E-state index contributed by atoms with van der Waals surface area (Å²) >= 11 is 0. The summed E-state index contributed by atoms with van der Waals surface area (Å²) in [4.78, 5) is 8.35. The maximum Gasteiger partial charge on any atom is 0.252 e. The highest BCUT2D eigenvalue weighted by atomic mass is 15.3. The van der Waals surface area contributed by atoms with Gasteiger partial charge in [0.05, 0.1) is 11.2 Å². The van der Waals surface area contributed by atoms with Gasteiger partial charge in [-0.1, -0.05) is 231 Å². The highest BCUT2D eigenvalue weighted by Crippen LogP contribution is 2.65. The Morgan fingerprint density at radius 2 is 0.886 bits per heavy atom. The third kappa shape index (κ3) is 8.28. The third-order valence-electron chi connectivity index (χ3n) is 23.3. The van der Waals surface area contributed by atoms with Crippen LogP contribution < -0.4 is 31.1 Å². The second-order valence-corrected chi connectivity index (χ2v) is 32.6. The Labute approximate surface area is 527 Å². The van der Waals surface area contributed by atoms with E-state index >= 15 is 0 Å². The molecule has 15 rings (SSSR count). The number of benzene rings is 9. The Balaban J connectivity index is 1.13. The normalized spacial score (nSPS) is 21.3. The number of nitrogens with zero attached hydrogens (tertiary/aromatic N) is 3. The molecule has 9 aromatic carbocycles. The van der Waals surface area contributed by atoms with E-state index < -0.39 is 5.54 Å². The smallest absolute Gasteiger partial charge is 0.252 e. The van der Waals surface area contributed by atoms with Crippen molar-refractivity contribution in [3.63, 3.8) is 0 Å². The van der Waals surface area contributed by atoms with Gasteiger partial charge in [0.25, 0.3) is 6.71 Å². The van der Waals surface area contributed by atoms with E-state index in [1.54, 1.807) is 0 Å². The summed E-state index contributed by atoms with van der Waals surface area (Å²) in [5.41, 5.74) is 31.3. The molecular weight excluding hydrogens is 1060 g/mol. The Morgan fingerprint density at radius 1 is 0.352 bits per heavy atom. The summed E-state index contributed by atoms with van der Waals surface area (Å²) in [6, 6.07) is 72.7. The lowest BCUT2D eigenvalue weighted by atomic mass is 9.33. The van der Waals surface area contributed by atoms with E-state index in [0.29, 0.717) is 0 Å². The van der Waals surface area contributed by atoms with Crippen molar-refractivity contribution in [1.82, 2.24) is 0 Å². The van der Waals surface area contributed by atoms with Gasteiger partial charge in [0.15, 0.2) is 0 Å². The predicted molar refractivity (Wildman–Crippen MR) is 377 cm³/mol. The summed E-state index contributed by atoms with van der Waals surface area (Å²) < 4.78 is 0. The van der Waals surface area contributed by atoms with Crippen LogP contribution in [0.15, 0.2) is 182 Å². The summed E-state index contributed by atoms with van der Waals surface area (Å²) in [6.07, 6.45) is 6.70. The molecule has 0 aromatic heterocycles. The first kappa shape index (κ1) is 56.9. The second-order valence-electron chi connectivity index (χ2n) is 32.6. The molecule has 0 saturated heterocycles. The first-order chi connectivity index (χ1) is 41.6. The minimum absolute atomic E-state index is 0.000382. The van der Waals surface area contributed by atoms with Crippen LogP contribution in [0.3, 0.4) is 0 Å². The fraction of sp³-hybridized carbons (Fsp3) is 0.357. The fourth-order valence-corrected chi connectivity index (χ4v) is 17.5. The van der Waals surface area contributed by atoms with E-state index in [1.807, 2.05) is 0 Å². The molecule has 0 fully saturated rings. The number of hydrogen-bond acceptors (Lipinski definition) is 3. The molecule has 2 unspecified atom stereocenters. The van der Waals surface area contributed by atoms with Gasteiger partial charge >= 0.3 is 0 Å². The van der Waals surface area contributed by atoms with Gasteiger partial charge in [-0.25, -0.2) is 0 Å². The van der Waals surface area contributed by atoms with Crippen molar-refractivity contribution < 1.29 is 0 Å². The van der Waals surface area contributed by atoms with Crippen molar-refractivity contribution in [3.05, 3.63) is 232 Å². The van der Waals surface area contributed by atoms with Gasteiger partial charge < -0.3 is 14.7 Å². The number of hydrogen-bond donors (Lipinski definition) is 0. The average molecular weight is 1150 g/mol. The topological polar surface area (TPSA) is 9.72 Å². The van der Waals surface area contributed by atoms with Crippen LogP contribution in [-0.4, -0.2) is 6.71 Å². The minimum atomic E-state index is -0.444. The monoisotopic (exact) mass is 1150 g/mol. The lowest BCUT2D eigenvalue weighted by molar-refractivity contribution is 0.245. The number of fused-ring (bicyclic) bond motifs is 11. The molecule has 3 heterocycles. The van der Waals surface area contributed by atoms with Gasteiger partial charge in [-0.2, -0.15) is 0 Å². The first-order valence-corrected chi connectivity index (χ1v) is 33.2. The van der Waals surface area contributed by atoms with Crippen LogP contribution in [0.25, 0.3) is 22.3 Å². The van der Waals surface area contributed by atoms with Gasteiger partial charge in [0.1, 0.15) is 0 Å². The van der Waals surface area contributed by atoms with Gasteiger partial charge in [0.2, 0.25) is 0 Å². The Bertz CT molecular complexity index is 4360. The Kier molecular flexibility index (Phi) is 12.3. The van der Waals surface area contributed by atoms with Crippen molar-refractivity contribution in [2.24, 2.45) is 0 Å². The van der Waals surface area contributed by atoms with Crippen LogP contribution in [-0.2, 0) is 49.9 Å². The van der Waals surface area contributed by atoms with Crippen molar-refractivity contribution in [1.29, 1.82) is 0 Å². The standard InChI is InChI=1S/C84H90BN3/c1-77(2,3)57-32-37-70(61(46-57)54-27-21-18-22-28-54)87-72-36-31-56(53-25-19-17-20-26-53)45-68(72)85-69-51-65-66(82(13,14)44-43-81(65,11)12)52-73(69)86(59-34-35-63-64(48-59)80(9,10)42-41-79(63,7)8)74-49-60(50-75(87)76(74)85)88-71-38-33-58(78(4,5)6)47-67(71)83(15)40-39-55-29-23-24-30-62(55)84(83,88)16/h17-38,45-52H,39-44H2,1-16H3. The Hall–Kier alpha value is -7.56. The summed E-state index contributed by atoms with van der Waals surface area (Å²) in [5, 5.41) is 0. The van der Waals surface area contributed by atoms with E-state index in [1.165, 1.54) is 141 Å². The molecule has 0 N–H and O–H groups in total. The zero-order valence-corrected chi connectivity index (χ0v) is 55.5. The maximum absolute atomic E-state index is 2.84. The molecule has 9 aromatic rings. The zero-order chi connectivity index (χ0) is 61.6. The number of rotatable bonds is 5. The molecule has 0 bridgehead atoms. The SMILES string of the molecule is CC(C)(C)c1ccc(N2c3ccc(-c4ccccc4)cc3B3c4cc5c(cc4N(c4ccc6c(c4)C(C)(C)CCC6(C)C)c4cc(N6c7ccc(C(C)(C)C)cc7C7(C)CCc8ccccc8C67C)cc2c43)C(C)(C)CCC5(C)C)c(-c2ccccc2)c1. The van der Waals surface area contributed by atoms with Crippen LogP contribution >= 0.6 is 0 Å². The van der Waals surface area contributed by atoms with Crippen molar-refractivity contribution >= 4 is 68.6 Å². The molecule has 0 saturated carbocycles. The second kappa shape index (κ2) is 19.0. The van der Waals surface area contributed by atoms with Gasteiger partial charge in [-0.3, -0.25) is 0 Å². The highest BCUT2D eigenvalue weighted by Gasteiger charge is 2.61. The largest absolute Gasteiger partial charge is 0.330 e. The fourth-order valence-electron chi connectivity index (χ4n) is 17.5. The molecule has 0 spiro atoms. The lowest BCUT2D eigenvalue weighted by Crippen LogP contribution is -2.62. The predicted octanol–water partition coefficient (Wildman–Crippen LogP) is 20.7. The molecule has 0 radical (unpaired) electrons. The molecule has 6 aliphatic rings. The van der Waals surface area contributed by atoms with E-state index in [9.17, 15) is 0 Å². The van der Waals surface area contributed by atoms with E-state index in [0.717, 1.165) is 32.1 Å². The van der Waals surface area contributed by atoms with Crippen LogP contribution in [0, 0.1) is 0 Å². The van der Waals surface area contributed by atoms with Gasteiger partial charge in [-0.15, -0.1) is 0 Å². The first-order valence-electron chi connectivity index (χ1n) is 33.2. The summed E-state index contributed by atoms with van der Waals surface area (Å²) in [5.74, 6) is 0. The van der Waals surface area contributed by atoms with E-state index in [4.69, 9.17) is 0 Å². The van der Waals surface area contributed by atoms with Gasteiger partial charge in [0, 0.05) is 50.8 Å². The van der Waals surface area contributed by atoms with Gasteiger partial charge in [-0.05, 0) is 216 Å². The summed E-state index contributed by atoms with van der Waals surface area (Å²) in [7, 11) is 0. The quantitative estimate of drug-likeness (QED) is 0.159. The molecule has 0 amide bonds. The zero-order valence-electron chi connectivity index (χ0n) is 55.5.